The van der Waals surface area contributed by atoms with E-state index in [1.165, 1.54) is 5.56 Å². The van der Waals surface area contributed by atoms with E-state index in [0.717, 1.165) is 35.2 Å². The molecular weight excluding hydrogens is 328 g/mol. The zero-order valence-corrected chi connectivity index (χ0v) is 14.1. The van der Waals surface area contributed by atoms with Crippen LogP contribution in [0, 0.1) is 0 Å². The number of aromatic nitrogens is 1. The molecule has 0 amide bonds. The summed E-state index contributed by atoms with van der Waals surface area (Å²) in [6.45, 7) is 3.15. The maximum atomic E-state index is 5.28. The number of benzene rings is 1. The number of hydrogen-bond donors (Lipinski definition) is 1. The molecule has 1 atom stereocenters. The molecule has 1 aromatic carbocycles. The van der Waals surface area contributed by atoms with Crippen molar-refractivity contribution in [2.45, 2.75) is 25.8 Å². The van der Waals surface area contributed by atoms with E-state index in [1.807, 2.05) is 12.3 Å². The molecule has 0 aliphatic rings. The minimum atomic E-state index is 0.228. The molecule has 0 saturated heterocycles. The van der Waals surface area contributed by atoms with Gasteiger partial charge in [-0.15, -0.1) is 0 Å². The molecule has 0 radical (unpaired) electrons. The topological polar surface area (TPSA) is 34.2 Å². The van der Waals surface area contributed by atoms with Crippen molar-refractivity contribution in [2.75, 3.05) is 13.7 Å². The van der Waals surface area contributed by atoms with Crippen LogP contribution in [0.25, 0.3) is 0 Å². The average molecular weight is 349 g/mol. The van der Waals surface area contributed by atoms with Crippen LogP contribution >= 0.6 is 15.9 Å². The Hall–Kier alpha value is -1.39. The number of halogens is 1. The van der Waals surface area contributed by atoms with Gasteiger partial charge in [0, 0.05) is 16.7 Å². The second-order valence-electron chi connectivity index (χ2n) is 4.96. The Bertz CT molecular complexity index is 574. The van der Waals surface area contributed by atoms with Gasteiger partial charge in [-0.2, -0.15) is 0 Å². The number of hydrogen-bond acceptors (Lipinski definition) is 3. The SMILES string of the molecule is CCCNC(Cc1ccccc1Br)c1cncc(OC)c1. The van der Waals surface area contributed by atoms with Crippen LogP contribution in [0.5, 0.6) is 5.75 Å². The molecule has 2 aromatic rings. The molecule has 2 rings (SSSR count). The fraction of sp³-hybridized carbons (Fsp3) is 0.353. The number of pyridine rings is 1. The summed E-state index contributed by atoms with van der Waals surface area (Å²) in [6, 6.07) is 10.6. The van der Waals surface area contributed by atoms with Crippen LogP contribution in [-0.4, -0.2) is 18.6 Å². The first-order valence-corrected chi connectivity index (χ1v) is 7.99. The fourth-order valence-electron chi connectivity index (χ4n) is 2.25. The first-order valence-electron chi connectivity index (χ1n) is 7.20. The van der Waals surface area contributed by atoms with Crippen molar-refractivity contribution in [3.05, 3.63) is 58.3 Å². The monoisotopic (exact) mass is 348 g/mol. The smallest absolute Gasteiger partial charge is 0.137 e. The number of rotatable bonds is 7. The molecule has 4 heteroatoms. The van der Waals surface area contributed by atoms with Crippen molar-refractivity contribution in [2.24, 2.45) is 0 Å². The van der Waals surface area contributed by atoms with Crippen molar-refractivity contribution in [1.82, 2.24) is 10.3 Å². The van der Waals surface area contributed by atoms with Crippen LogP contribution in [-0.2, 0) is 6.42 Å². The molecule has 0 saturated carbocycles. The lowest BCUT2D eigenvalue weighted by Crippen LogP contribution is -2.24. The minimum absolute atomic E-state index is 0.228. The van der Waals surface area contributed by atoms with E-state index >= 15 is 0 Å². The summed E-state index contributed by atoms with van der Waals surface area (Å²) in [4.78, 5) is 4.27. The van der Waals surface area contributed by atoms with E-state index in [0.29, 0.717) is 0 Å². The van der Waals surface area contributed by atoms with Gasteiger partial charge in [-0.1, -0.05) is 41.1 Å². The second kappa shape index (κ2) is 8.15. The van der Waals surface area contributed by atoms with E-state index in [2.05, 4.69) is 57.4 Å². The van der Waals surface area contributed by atoms with Gasteiger partial charge in [0.15, 0.2) is 0 Å². The first kappa shape index (κ1) is 16.0. The molecule has 1 heterocycles. The summed E-state index contributed by atoms with van der Waals surface area (Å²) >= 11 is 3.63. The van der Waals surface area contributed by atoms with Gasteiger partial charge in [0.05, 0.1) is 13.3 Å². The lowest BCUT2D eigenvalue weighted by atomic mass is 10.00. The standard InChI is InChI=1S/C17H21BrN2O/c1-3-8-20-17(10-13-6-4-5-7-16(13)18)14-9-15(21-2)12-19-11-14/h4-7,9,11-12,17,20H,3,8,10H2,1-2H3. The minimum Gasteiger partial charge on any atom is -0.495 e. The third kappa shape index (κ3) is 4.55. The van der Waals surface area contributed by atoms with Crippen LogP contribution < -0.4 is 10.1 Å². The van der Waals surface area contributed by atoms with Crippen LogP contribution in [0.4, 0.5) is 0 Å². The van der Waals surface area contributed by atoms with Crippen LogP contribution in [0.3, 0.4) is 0 Å². The normalized spacial score (nSPS) is 12.1. The fourth-order valence-corrected chi connectivity index (χ4v) is 2.69. The van der Waals surface area contributed by atoms with Crippen molar-refractivity contribution >= 4 is 15.9 Å². The highest BCUT2D eigenvalue weighted by molar-refractivity contribution is 9.10. The molecule has 3 nitrogen and oxygen atoms in total. The van der Waals surface area contributed by atoms with E-state index in [-0.39, 0.29) is 6.04 Å². The molecule has 0 fully saturated rings. The average Bonchev–Trinajstić information content (AvgIpc) is 2.53. The first-order chi connectivity index (χ1) is 10.2. The number of methoxy groups -OCH3 is 1. The van der Waals surface area contributed by atoms with Crippen molar-refractivity contribution in [3.8, 4) is 5.75 Å². The Morgan fingerprint density at radius 2 is 2.10 bits per heavy atom. The largest absolute Gasteiger partial charge is 0.495 e. The van der Waals surface area contributed by atoms with E-state index in [9.17, 15) is 0 Å². The highest BCUT2D eigenvalue weighted by Gasteiger charge is 2.14. The molecule has 0 aliphatic heterocycles. The number of ether oxygens (including phenoxy) is 1. The molecule has 112 valence electrons. The molecule has 0 spiro atoms. The van der Waals surface area contributed by atoms with Gasteiger partial charge < -0.3 is 10.1 Å². The molecule has 1 N–H and O–H groups in total. The van der Waals surface area contributed by atoms with Crippen molar-refractivity contribution in [3.63, 3.8) is 0 Å². The summed E-state index contributed by atoms with van der Waals surface area (Å²) in [5.74, 6) is 0.794. The second-order valence-corrected chi connectivity index (χ2v) is 5.81. The maximum Gasteiger partial charge on any atom is 0.137 e. The van der Waals surface area contributed by atoms with E-state index in [1.54, 1.807) is 13.3 Å². The van der Waals surface area contributed by atoms with Crippen LogP contribution in [0.2, 0.25) is 0 Å². The van der Waals surface area contributed by atoms with Crippen molar-refractivity contribution in [1.29, 1.82) is 0 Å². The predicted molar refractivity (Wildman–Crippen MR) is 89.7 cm³/mol. The molecule has 1 unspecified atom stereocenters. The highest BCUT2D eigenvalue weighted by atomic mass is 79.9. The summed E-state index contributed by atoms with van der Waals surface area (Å²) in [5, 5.41) is 3.60. The molecule has 21 heavy (non-hydrogen) atoms. The van der Waals surface area contributed by atoms with Gasteiger partial charge in [0.25, 0.3) is 0 Å². The third-order valence-electron chi connectivity index (χ3n) is 3.39. The Labute approximate surface area is 134 Å². The van der Waals surface area contributed by atoms with Gasteiger partial charge in [-0.25, -0.2) is 0 Å². The number of nitrogens with zero attached hydrogens (tertiary/aromatic N) is 1. The highest BCUT2D eigenvalue weighted by Crippen LogP contribution is 2.25. The van der Waals surface area contributed by atoms with Gasteiger partial charge in [0.2, 0.25) is 0 Å². The summed E-state index contributed by atoms with van der Waals surface area (Å²) in [5.41, 5.74) is 2.44. The maximum absolute atomic E-state index is 5.28. The summed E-state index contributed by atoms with van der Waals surface area (Å²) in [6.07, 6.45) is 5.66. The van der Waals surface area contributed by atoms with Gasteiger partial charge in [0.1, 0.15) is 5.75 Å². The molecule has 0 aliphatic carbocycles. The van der Waals surface area contributed by atoms with E-state index in [4.69, 9.17) is 4.74 Å². The lowest BCUT2D eigenvalue weighted by molar-refractivity contribution is 0.410. The van der Waals surface area contributed by atoms with Gasteiger partial charge >= 0.3 is 0 Å². The van der Waals surface area contributed by atoms with Crippen molar-refractivity contribution < 1.29 is 4.74 Å². The number of nitrogens with one attached hydrogen (secondary N) is 1. The van der Waals surface area contributed by atoms with Crippen LogP contribution in [0.15, 0.2) is 47.2 Å². The Balaban J connectivity index is 2.23. The zero-order valence-electron chi connectivity index (χ0n) is 12.5. The van der Waals surface area contributed by atoms with Crippen LogP contribution in [0.1, 0.15) is 30.5 Å². The van der Waals surface area contributed by atoms with Gasteiger partial charge in [-0.05, 0) is 42.6 Å². The van der Waals surface area contributed by atoms with Gasteiger partial charge in [-0.3, -0.25) is 4.98 Å². The third-order valence-corrected chi connectivity index (χ3v) is 4.17. The summed E-state index contributed by atoms with van der Waals surface area (Å²) in [7, 11) is 1.67. The predicted octanol–water partition coefficient (Wildman–Crippen LogP) is 4.14. The Morgan fingerprint density at radius 3 is 2.81 bits per heavy atom. The Morgan fingerprint density at radius 1 is 1.29 bits per heavy atom. The Kier molecular flexibility index (Phi) is 6.21. The van der Waals surface area contributed by atoms with E-state index < -0.39 is 0 Å². The molecule has 0 bridgehead atoms. The lowest BCUT2D eigenvalue weighted by Gasteiger charge is -2.20. The molecule has 1 aromatic heterocycles. The zero-order chi connectivity index (χ0) is 15.1. The quantitative estimate of drug-likeness (QED) is 0.816. The molecular formula is C17H21BrN2O. The summed E-state index contributed by atoms with van der Waals surface area (Å²) < 4.78 is 6.43.